The van der Waals surface area contributed by atoms with Gasteiger partial charge >= 0.3 is 0 Å². The first-order valence-electron chi connectivity index (χ1n) is 10.3. The Hall–Kier alpha value is -4.24. The van der Waals surface area contributed by atoms with Gasteiger partial charge in [-0.2, -0.15) is 0 Å². The minimum Gasteiger partial charge on any atom is -0.436 e. The van der Waals surface area contributed by atoms with Gasteiger partial charge in [0.15, 0.2) is 5.58 Å². The van der Waals surface area contributed by atoms with Crippen LogP contribution in [0.4, 0.5) is 0 Å². The molecule has 0 amide bonds. The van der Waals surface area contributed by atoms with E-state index in [9.17, 15) is 0 Å². The van der Waals surface area contributed by atoms with Gasteiger partial charge in [0, 0.05) is 17.3 Å². The van der Waals surface area contributed by atoms with Gasteiger partial charge in [-0.3, -0.25) is 4.98 Å². The zero-order valence-electron chi connectivity index (χ0n) is 16.7. The first kappa shape index (κ1) is 17.6. The fourth-order valence-electron chi connectivity index (χ4n) is 3.92. The number of pyridine rings is 1. The number of rotatable bonds is 3. The molecule has 3 heteroatoms. The molecule has 3 nitrogen and oxygen atoms in total. The highest BCUT2D eigenvalue weighted by atomic mass is 16.3. The van der Waals surface area contributed by atoms with Gasteiger partial charge in [-0.1, -0.05) is 60.7 Å². The van der Waals surface area contributed by atoms with E-state index in [4.69, 9.17) is 4.42 Å². The van der Waals surface area contributed by atoms with Crippen molar-refractivity contribution in [3.05, 3.63) is 109 Å². The van der Waals surface area contributed by atoms with Gasteiger partial charge < -0.3 is 4.42 Å². The van der Waals surface area contributed by atoms with Crippen LogP contribution < -0.4 is 0 Å². The largest absolute Gasteiger partial charge is 0.436 e. The van der Waals surface area contributed by atoms with Crippen LogP contribution in [0.1, 0.15) is 0 Å². The molecule has 4 aromatic carbocycles. The lowest BCUT2D eigenvalue weighted by molar-refractivity contribution is 0.620. The highest BCUT2D eigenvalue weighted by Crippen LogP contribution is 2.30. The van der Waals surface area contributed by atoms with E-state index in [-0.39, 0.29) is 0 Å². The first-order valence-corrected chi connectivity index (χ1v) is 10.3. The molecule has 31 heavy (non-hydrogen) atoms. The average molecular weight is 398 g/mol. The molecular formula is C28H18N2O. The van der Waals surface area contributed by atoms with E-state index >= 15 is 0 Å². The van der Waals surface area contributed by atoms with Crippen LogP contribution in [0.2, 0.25) is 0 Å². The summed E-state index contributed by atoms with van der Waals surface area (Å²) in [5.41, 5.74) is 7.15. The summed E-state index contributed by atoms with van der Waals surface area (Å²) in [5, 5.41) is 2.35. The number of aromatic nitrogens is 2. The Balaban J connectivity index is 1.34. The lowest BCUT2D eigenvalue weighted by Crippen LogP contribution is -1.84. The lowest BCUT2D eigenvalue weighted by Gasteiger charge is -2.07. The van der Waals surface area contributed by atoms with Crippen molar-refractivity contribution in [2.75, 3.05) is 0 Å². The monoisotopic (exact) mass is 398 g/mol. The van der Waals surface area contributed by atoms with Gasteiger partial charge in [0.05, 0.1) is 5.69 Å². The quantitative estimate of drug-likeness (QED) is 0.312. The first-order chi connectivity index (χ1) is 15.3. The van der Waals surface area contributed by atoms with Gasteiger partial charge in [-0.05, 0) is 64.4 Å². The van der Waals surface area contributed by atoms with Crippen molar-refractivity contribution < 1.29 is 4.42 Å². The van der Waals surface area contributed by atoms with E-state index in [1.54, 1.807) is 0 Å². The molecule has 6 rings (SSSR count). The van der Waals surface area contributed by atoms with Gasteiger partial charge in [-0.15, -0.1) is 0 Å². The van der Waals surface area contributed by atoms with E-state index in [1.807, 2.05) is 48.7 Å². The summed E-state index contributed by atoms with van der Waals surface area (Å²) in [6, 6.07) is 35.2. The van der Waals surface area contributed by atoms with Crippen LogP contribution in [0.3, 0.4) is 0 Å². The van der Waals surface area contributed by atoms with E-state index in [0.29, 0.717) is 5.89 Å². The molecular weight excluding hydrogens is 380 g/mol. The smallest absolute Gasteiger partial charge is 0.227 e. The van der Waals surface area contributed by atoms with Gasteiger partial charge in [0.2, 0.25) is 5.89 Å². The highest BCUT2D eigenvalue weighted by molar-refractivity contribution is 5.90. The van der Waals surface area contributed by atoms with Crippen LogP contribution in [0, 0.1) is 0 Å². The molecule has 0 atom stereocenters. The molecule has 2 aromatic heterocycles. The maximum atomic E-state index is 5.93. The molecule has 0 aliphatic rings. The second-order valence-electron chi connectivity index (χ2n) is 7.56. The second-order valence-corrected chi connectivity index (χ2v) is 7.56. The van der Waals surface area contributed by atoms with Crippen molar-refractivity contribution in [3.63, 3.8) is 0 Å². The highest BCUT2D eigenvalue weighted by Gasteiger charge is 2.09. The van der Waals surface area contributed by atoms with E-state index < -0.39 is 0 Å². The van der Waals surface area contributed by atoms with Crippen molar-refractivity contribution in [3.8, 4) is 33.8 Å². The van der Waals surface area contributed by atoms with Crippen molar-refractivity contribution in [2.24, 2.45) is 0 Å². The predicted molar refractivity (Wildman–Crippen MR) is 126 cm³/mol. The zero-order valence-corrected chi connectivity index (χ0v) is 16.7. The molecule has 146 valence electrons. The molecule has 0 bridgehead atoms. The standard InChI is InChI=1S/C28H18N2O/c1-2-7-27-26(6-1)30-28(31-27)24-15-14-22-17-21(12-13-23(22)18-24)19-8-10-20(11-9-19)25-5-3-4-16-29-25/h1-18H. The van der Waals surface area contributed by atoms with Crippen LogP contribution in [0.25, 0.3) is 55.7 Å². The number of oxazole rings is 1. The molecule has 0 radical (unpaired) electrons. The van der Waals surface area contributed by atoms with Crippen LogP contribution in [-0.2, 0) is 0 Å². The number of hydrogen-bond acceptors (Lipinski definition) is 3. The Morgan fingerprint density at radius 3 is 2.00 bits per heavy atom. The molecule has 6 aromatic rings. The van der Waals surface area contributed by atoms with Gasteiger partial charge in [-0.25, -0.2) is 4.98 Å². The van der Waals surface area contributed by atoms with Crippen LogP contribution >= 0.6 is 0 Å². The third-order valence-corrected chi connectivity index (χ3v) is 5.56. The Bertz CT molecular complexity index is 1480. The predicted octanol–water partition coefficient (Wildman–Crippen LogP) is 7.38. The molecule has 0 aliphatic carbocycles. The number of hydrogen-bond donors (Lipinski definition) is 0. The molecule has 0 N–H and O–H groups in total. The van der Waals surface area contributed by atoms with Crippen molar-refractivity contribution in [1.29, 1.82) is 0 Å². The Labute approximate surface area is 179 Å². The van der Waals surface area contributed by atoms with Crippen molar-refractivity contribution in [1.82, 2.24) is 9.97 Å². The van der Waals surface area contributed by atoms with Crippen LogP contribution in [0.15, 0.2) is 114 Å². The molecule has 0 fully saturated rings. The summed E-state index contributed by atoms with van der Waals surface area (Å²) in [6.07, 6.45) is 1.82. The molecule has 2 heterocycles. The summed E-state index contributed by atoms with van der Waals surface area (Å²) >= 11 is 0. The minimum atomic E-state index is 0.650. The Morgan fingerprint density at radius 1 is 0.548 bits per heavy atom. The molecule has 0 saturated carbocycles. The third kappa shape index (κ3) is 3.26. The second kappa shape index (κ2) is 7.22. The van der Waals surface area contributed by atoms with Crippen LogP contribution in [-0.4, -0.2) is 9.97 Å². The van der Waals surface area contributed by atoms with Crippen molar-refractivity contribution in [2.45, 2.75) is 0 Å². The number of para-hydroxylation sites is 2. The molecule has 0 unspecified atom stereocenters. The van der Waals surface area contributed by atoms with Crippen molar-refractivity contribution >= 4 is 21.9 Å². The number of nitrogens with zero attached hydrogens (tertiary/aromatic N) is 2. The summed E-state index contributed by atoms with van der Waals surface area (Å²) < 4.78 is 5.93. The maximum Gasteiger partial charge on any atom is 0.227 e. The van der Waals surface area contributed by atoms with Gasteiger partial charge in [0.25, 0.3) is 0 Å². The normalized spacial score (nSPS) is 11.2. The molecule has 0 aliphatic heterocycles. The summed E-state index contributed by atoms with van der Waals surface area (Å²) in [5.74, 6) is 0.650. The Kier molecular flexibility index (Phi) is 4.10. The van der Waals surface area contributed by atoms with Crippen LogP contribution in [0.5, 0.6) is 0 Å². The number of benzene rings is 4. The van der Waals surface area contributed by atoms with E-state index in [1.165, 1.54) is 16.5 Å². The fourth-order valence-corrected chi connectivity index (χ4v) is 3.92. The fraction of sp³-hybridized carbons (Fsp3) is 0. The molecule has 0 saturated heterocycles. The minimum absolute atomic E-state index is 0.650. The number of fused-ring (bicyclic) bond motifs is 2. The SMILES string of the molecule is c1ccc(-c2ccc(-c3ccc4cc(-c5nc6ccccc6o5)ccc4c3)cc2)nc1. The third-order valence-electron chi connectivity index (χ3n) is 5.56. The van der Waals surface area contributed by atoms with E-state index in [2.05, 4.69) is 70.6 Å². The zero-order chi connectivity index (χ0) is 20.6. The van der Waals surface area contributed by atoms with E-state index in [0.717, 1.165) is 33.3 Å². The average Bonchev–Trinajstić information content (AvgIpc) is 3.28. The summed E-state index contributed by atoms with van der Waals surface area (Å²) in [6.45, 7) is 0. The Morgan fingerprint density at radius 2 is 1.23 bits per heavy atom. The molecule has 0 spiro atoms. The maximum absolute atomic E-state index is 5.93. The summed E-state index contributed by atoms with van der Waals surface area (Å²) in [7, 11) is 0. The summed E-state index contributed by atoms with van der Waals surface area (Å²) in [4.78, 5) is 9.04. The lowest BCUT2D eigenvalue weighted by atomic mass is 9.98. The van der Waals surface area contributed by atoms with Gasteiger partial charge in [0.1, 0.15) is 5.52 Å². The topological polar surface area (TPSA) is 38.9 Å².